The summed E-state index contributed by atoms with van der Waals surface area (Å²) >= 11 is 1.64. The van der Waals surface area contributed by atoms with E-state index >= 15 is 0 Å². The van der Waals surface area contributed by atoms with Crippen molar-refractivity contribution in [3.05, 3.63) is 23.5 Å². The minimum absolute atomic E-state index is 0.512. The van der Waals surface area contributed by atoms with Gasteiger partial charge < -0.3 is 10.4 Å². The minimum Gasteiger partial charge on any atom is -0.389 e. The van der Waals surface area contributed by atoms with Gasteiger partial charge in [-0.3, -0.25) is 4.40 Å². The SMILES string of the molecule is OC1(Cc2cn3ccsc3n2)CC2CCC(C1)N2. The van der Waals surface area contributed by atoms with Crippen LogP contribution in [0.2, 0.25) is 0 Å². The van der Waals surface area contributed by atoms with Crippen molar-refractivity contribution in [2.45, 2.75) is 49.8 Å². The van der Waals surface area contributed by atoms with E-state index in [9.17, 15) is 5.11 Å². The summed E-state index contributed by atoms with van der Waals surface area (Å²) in [6.45, 7) is 0. The Morgan fingerprint density at radius 2 is 2.22 bits per heavy atom. The van der Waals surface area contributed by atoms with E-state index in [0.29, 0.717) is 18.5 Å². The van der Waals surface area contributed by atoms with Gasteiger partial charge in [0.05, 0.1) is 11.3 Å². The van der Waals surface area contributed by atoms with Gasteiger partial charge in [0, 0.05) is 36.3 Å². The summed E-state index contributed by atoms with van der Waals surface area (Å²) in [5.41, 5.74) is 0.465. The number of nitrogens with zero attached hydrogens (tertiary/aromatic N) is 2. The van der Waals surface area contributed by atoms with Gasteiger partial charge in [-0.1, -0.05) is 0 Å². The first-order valence-electron chi connectivity index (χ1n) is 6.60. The monoisotopic (exact) mass is 263 g/mol. The smallest absolute Gasteiger partial charge is 0.193 e. The molecule has 0 aromatic carbocycles. The zero-order valence-electron chi connectivity index (χ0n) is 10.2. The van der Waals surface area contributed by atoms with E-state index < -0.39 is 5.60 Å². The van der Waals surface area contributed by atoms with Crippen LogP contribution in [0.1, 0.15) is 31.4 Å². The normalized spacial score (nSPS) is 35.4. The molecule has 0 spiro atoms. The number of piperidine rings is 1. The Balaban J connectivity index is 1.58. The van der Waals surface area contributed by atoms with Crippen molar-refractivity contribution in [2.75, 3.05) is 0 Å². The summed E-state index contributed by atoms with van der Waals surface area (Å²) in [4.78, 5) is 5.60. The third-order valence-electron chi connectivity index (χ3n) is 4.24. The zero-order chi connectivity index (χ0) is 12.2. The van der Waals surface area contributed by atoms with Crippen molar-refractivity contribution in [3.8, 4) is 0 Å². The molecule has 2 aromatic rings. The van der Waals surface area contributed by atoms with Crippen LogP contribution in [0.15, 0.2) is 17.8 Å². The van der Waals surface area contributed by atoms with Crippen molar-refractivity contribution in [1.29, 1.82) is 0 Å². The summed E-state index contributed by atoms with van der Waals surface area (Å²) in [7, 11) is 0. The predicted octanol–water partition coefficient (Wildman–Crippen LogP) is 1.58. The molecule has 2 aromatic heterocycles. The largest absolute Gasteiger partial charge is 0.389 e. The summed E-state index contributed by atoms with van der Waals surface area (Å²) in [6, 6.07) is 1.02. The molecular formula is C13H17N3OS. The van der Waals surface area contributed by atoms with Crippen LogP contribution < -0.4 is 5.32 Å². The van der Waals surface area contributed by atoms with Gasteiger partial charge in [0.25, 0.3) is 0 Å². The quantitative estimate of drug-likeness (QED) is 0.865. The van der Waals surface area contributed by atoms with E-state index in [2.05, 4.69) is 10.3 Å². The second-order valence-electron chi connectivity index (χ2n) is 5.77. The molecule has 0 amide bonds. The Kier molecular flexibility index (Phi) is 2.31. The molecular weight excluding hydrogens is 246 g/mol. The molecule has 2 aliphatic heterocycles. The van der Waals surface area contributed by atoms with Crippen LogP contribution >= 0.6 is 11.3 Å². The molecule has 2 atom stereocenters. The average molecular weight is 263 g/mol. The Hall–Kier alpha value is -0.910. The number of hydrogen-bond acceptors (Lipinski definition) is 4. The van der Waals surface area contributed by atoms with Gasteiger partial charge in [-0.15, -0.1) is 11.3 Å². The first-order valence-corrected chi connectivity index (χ1v) is 7.48. The molecule has 4 nitrogen and oxygen atoms in total. The van der Waals surface area contributed by atoms with E-state index in [1.54, 1.807) is 11.3 Å². The first-order chi connectivity index (χ1) is 8.70. The van der Waals surface area contributed by atoms with Crippen molar-refractivity contribution in [1.82, 2.24) is 14.7 Å². The average Bonchev–Trinajstić information content (AvgIpc) is 2.93. The molecule has 0 aliphatic carbocycles. The first kappa shape index (κ1) is 11.0. The van der Waals surface area contributed by atoms with Gasteiger partial charge in [0.1, 0.15) is 0 Å². The number of rotatable bonds is 2. The third kappa shape index (κ3) is 1.77. The van der Waals surface area contributed by atoms with E-state index in [1.165, 1.54) is 12.8 Å². The third-order valence-corrected chi connectivity index (χ3v) is 5.01. The topological polar surface area (TPSA) is 49.6 Å². The highest BCUT2D eigenvalue weighted by Crippen LogP contribution is 2.36. The van der Waals surface area contributed by atoms with Crippen LogP contribution in [-0.4, -0.2) is 32.2 Å². The lowest BCUT2D eigenvalue weighted by Crippen LogP contribution is -2.49. The Morgan fingerprint density at radius 3 is 2.94 bits per heavy atom. The molecule has 0 radical (unpaired) electrons. The van der Waals surface area contributed by atoms with Gasteiger partial charge in [-0.05, 0) is 25.7 Å². The predicted molar refractivity (Wildman–Crippen MR) is 70.9 cm³/mol. The van der Waals surface area contributed by atoms with Crippen molar-refractivity contribution in [2.24, 2.45) is 0 Å². The van der Waals surface area contributed by atoms with Gasteiger partial charge in [0.15, 0.2) is 4.96 Å². The molecule has 4 rings (SSSR count). The van der Waals surface area contributed by atoms with Gasteiger partial charge in [0.2, 0.25) is 0 Å². The maximum atomic E-state index is 10.8. The zero-order valence-corrected chi connectivity index (χ0v) is 11.0. The van der Waals surface area contributed by atoms with Crippen molar-refractivity contribution >= 4 is 16.3 Å². The summed E-state index contributed by atoms with van der Waals surface area (Å²) in [5.74, 6) is 0. The van der Waals surface area contributed by atoms with Gasteiger partial charge in [-0.2, -0.15) is 0 Å². The van der Waals surface area contributed by atoms with Gasteiger partial charge in [-0.25, -0.2) is 4.98 Å². The fraction of sp³-hybridized carbons (Fsp3) is 0.615. The van der Waals surface area contributed by atoms with Crippen molar-refractivity contribution < 1.29 is 5.11 Å². The van der Waals surface area contributed by atoms with Crippen molar-refractivity contribution in [3.63, 3.8) is 0 Å². The van der Waals surface area contributed by atoms with E-state index in [-0.39, 0.29) is 0 Å². The lowest BCUT2D eigenvalue weighted by Gasteiger charge is -2.36. The number of thiazole rings is 1. The summed E-state index contributed by atoms with van der Waals surface area (Å²) < 4.78 is 2.04. The number of fused-ring (bicyclic) bond motifs is 3. The minimum atomic E-state index is -0.554. The lowest BCUT2D eigenvalue weighted by atomic mass is 9.84. The maximum absolute atomic E-state index is 10.8. The highest BCUT2D eigenvalue weighted by Gasteiger charge is 2.42. The van der Waals surface area contributed by atoms with Crippen LogP contribution in [0.5, 0.6) is 0 Å². The van der Waals surface area contributed by atoms with Crippen LogP contribution in [-0.2, 0) is 6.42 Å². The molecule has 2 bridgehead atoms. The summed E-state index contributed by atoms with van der Waals surface area (Å²) in [6.07, 6.45) is 8.93. The molecule has 2 saturated heterocycles. The van der Waals surface area contributed by atoms with Crippen LogP contribution in [0.25, 0.3) is 4.96 Å². The highest BCUT2D eigenvalue weighted by atomic mass is 32.1. The second kappa shape index (κ2) is 3.79. The molecule has 2 fully saturated rings. The highest BCUT2D eigenvalue weighted by molar-refractivity contribution is 7.15. The molecule has 2 aliphatic rings. The summed E-state index contributed by atoms with van der Waals surface area (Å²) in [5, 5.41) is 16.4. The number of imidazole rings is 1. The molecule has 96 valence electrons. The lowest BCUT2D eigenvalue weighted by molar-refractivity contribution is -0.00676. The number of aromatic nitrogens is 2. The Bertz CT molecular complexity index is 535. The molecule has 18 heavy (non-hydrogen) atoms. The Labute approximate surface area is 110 Å². The number of aliphatic hydroxyl groups is 1. The maximum Gasteiger partial charge on any atom is 0.193 e. The fourth-order valence-corrected chi connectivity index (χ4v) is 4.29. The van der Waals surface area contributed by atoms with E-state index in [4.69, 9.17) is 0 Å². The molecule has 2 unspecified atom stereocenters. The molecule has 2 N–H and O–H groups in total. The molecule has 4 heterocycles. The fourth-order valence-electron chi connectivity index (χ4n) is 3.57. The molecule has 0 saturated carbocycles. The standard InChI is InChI=1S/C13H17N3OS/c17-13(5-9-1-2-10(6-13)14-9)7-11-8-16-3-4-18-12(16)15-11/h3-4,8-10,14,17H,1-2,5-7H2. The van der Waals surface area contributed by atoms with Crippen LogP contribution in [0, 0.1) is 0 Å². The molecule has 5 heteroatoms. The number of nitrogens with one attached hydrogen (secondary N) is 1. The van der Waals surface area contributed by atoms with Gasteiger partial charge >= 0.3 is 0 Å². The van der Waals surface area contributed by atoms with Crippen LogP contribution in [0.3, 0.4) is 0 Å². The Morgan fingerprint density at radius 1 is 1.44 bits per heavy atom. The van der Waals surface area contributed by atoms with E-state index in [1.807, 2.05) is 22.2 Å². The van der Waals surface area contributed by atoms with Crippen LogP contribution in [0.4, 0.5) is 0 Å². The van der Waals surface area contributed by atoms with E-state index in [0.717, 1.165) is 23.5 Å². The number of hydrogen-bond donors (Lipinski definition) is 2. The second-order valence-corrected chi connectivity index (χ2v) is 6.65.